The van der Waals surface area contributed by atoms with Crippen molar-refractivity contribution in [3.63, 3.8) is 0 Å². The number of benzene rings is 2. The lowest BCUT2D eigenvalue weighted by atomic mass is 10.0. The van der Waals surface area contributed by atoms with Gasteiger partial charge in [0, 0.05) is 0 Å². The van der Waals surface area contributed by atoms with Crippen molar-refractivity contribution in [2.75, 3.05) is 7.11 Å². The number of methoxy groups -OCH3 is 1. The molecule has 0 radical (unpaired) electrons. The van der Waals surface area contributed by atoms with Gasteiger partial charge in [0.15, 0.2) is 0 Å². The number of ether oxygens (including phenoxy) is 2. The van der Waals surface area contributed by atoms with Gasteiger partial charge < -0.3 is 14.3 Å². The van der Waals surface area contributed by atoms with E-state index in [1.165, 1.54) is 7.11 Å². The molecule has 0 N–H and O–H groups in total. The molecule has 0 amide bonds. The summed E-state index contributed by atoms with van der Waals surface area (Å²) in [7, 11) is 1.25. The van der Waals surface area contributed by atoms with Crippen molar-refractivity contribution in [3.8, 4) is 11.5 Å². The summed E-state index contributed by atoms with van der Waals surface area (Å²) in [5.41, 5.74) is 0.542. The van der Waals surface area contributed by atoms with Crippen LogP contribution in [0.15, 0.2) is 54.6 Å². The van der Waals surface area contributed by atoms with Gasteiger partial charge in [-0.1, -0.05) is 30.3 Å². The third kappa shape index (κ3) is 3.23. The molecule has 0 aliphatic rings. The van der Waals surface area contributed by atoms with Crippen LogP contribution in [0.25, 0.3) is 0 Å². The lowest BCUT2D eigenvalue weighted by Crippen LogP contribution is -2.15. The first kappa shape index (κ1) is 13.8. The highest BCUT2D eigenvalue weighted by molar-refractivity contribution is 5.94. The maximum atomic E-state index is 11.5. The molecule has 102 valence electrons. The van der Waals surface area contributed by atoms with E-state index in [1.54, 1.807) is 24.3 Å². The fraction of sp³-hybridized carbons (Fsp3) is 0.125. The highest BCUT2D eigenvalue weighted by Gasteiger charge is 2.20. The van der Waals surface area contributed by atoms with Gasteiger partial charge in [0.2, 0.25) is 0 Å². The van der Waals surface area contributed by atoms with Crippen molar-refractivity contribution in [3.05, 3.63) is 60.2 Å². The Kier molecular flexibility index (Phi) is 4.50. The first-order valence-corrected chi connectivity index (χ1v) is 6.10. The number of hydrogen-bond donors (Lipinski definition) is 0. The Balaban J connectivity index is 2.23. The minimum atomic E-state index is -0.931. The summed E-state index contributed by atoms with van der Waals surface area (Å²) < 4.78 is 10.3. The molecule has 1 atom stereocenters. The smallest absolute Gasteiger partial charge is 0.320 e. The number of carbonyl (C=O) groups excluding carboxylic acids is 2. The average molecular weight is 270 g/mol. The van der Waals surface area contributed by atoms with E-state index in [2.05, 4.69) is 4.74 Å². The minimum Gasteiger partial charge on any atom is -0.468 e. The summed E-state index contributed by atoms with van der Waals surface area (Å²) in [6.07, 6.45) is 0.563. The van der Waals surface area contributed by atoms with Gasteiger partial charge in [0.25, 0.3) is 0 Å². The maximum Gasteiger partial charge on any atom is 0.320 e. The molecule has 0 fully saturated rings. The first-order valence-electron chi connectivity index (χ1n) is 6.10. The van der Waals surface area contributed by atoms with Gasteiger partial charge in [-0.3, -0.25) is 4.79 Å². The number of carbonyl (C=O) groups is 2. The maximum absolute atomic E-state index is 11.5. The molecule has 4 nitrogen and oxygen atoms in total. The Hall–Kier alpha value is -2.62. The highest BCUT2D eigenvalue weighted by atomic mass is 16.5. The second-order valence-electron chi connectivity index (χ2n) is 4.12. The van der Waals surface area contributed by atoms with Crippen LogP contribution in [0.1, 0.15) is 11.5 Å². The van der Waals surface area contributed by atoms with Crippen LogP contribution >= 0.6 is 0 Å². The Bertz CT molecular complexity index is 592. The number of esters is 1. The van der Waals surface area contributed by atoms with Gasteiger partial charge in [0.05, 0.1) is 7.11 Å². The molecule has 0 aliphatic carbocycles. The van der Waals surface area contributed by atoms with Crippen molar-refractivity contribution in [2.24, 2.45) is 0 Å². The molecule has 20 heavy (non-hydrogen) atoms. The molecule has 0 aliphatic heterocycles. The van der Waals surface area contributed by atoms with E-state index in [0.29, 0.717) is 23.3 Å². The van der Waals surface area contributed by atoms with Crippen molar-refractivity contribution in [1.29, 1.82) is 0 Å². The number of para-hydroxylation sites is 1. The number of aldehydes is 1. The molecule has 0 aromatic heterocycles. The molecule has 0 heterocycles. The number of hydrogen-bond acceptors (Lipinski definition) is 4. The second kappa shape index (κ2) is 6.52. The molecule has 2 aromatic carbocycles. The zero-order chi connectivity index (χ0) is 14.4. The highest BCUT2D eigenvalue weighted by Crippen LogP contribution is 2.25. The Labute approximate surface area is 116 Å². The zero-order valence-electron chi connectivity index (χ0n) is 11.0. The predicted octanol–water partition coefficient (Wildman–Crippen LogP) is 2.93. The van der Waals surface area contributed by atoms with Crippen molar-refractivity contribution < 1.29 is 19.1 Å². The van der Waals surface area contributed by atoms with Gasteiger partial charge in [-0.2, -0.15) is 0 Å². The molecule has 0 spiro atoms. The van der Waals surface area contributed by atoms with E-state index in [0.717, 1.165) is 0 Å². The predicted molar refractivity (Wildman–Crippen MR) is 73.8 cm³/mol. The summed E-state index contributed by atoms with van der Waals surface area (Å²) in [6.45, 7) is 0. The van der Waals surface area contributed by atoms with Crippen LogP contribution in [0.2, 0.25) is 0 Å². The topological polar surface area (TPSA) is 52.6 Å². The van der Waals surface area contributed by atoms with E-state index < -0.39 is 11.9 Å². The first-order chi connectivity index (χ1) is 9.74. The molecule has 0 bridgehead atoms. The fourth-order valence-corrected chi connectivity index (χ4v) is 1.79. The van der Waals surface area contributed by atoms with Crippen LogP contribution in [0, 0.1) is 0 Å². The molecule has 4 heteroatoms. The average Bonchev–Trinajstić information content (AvgIpc) is 2.49. The normalized spacial score (nSPS) is 11.4. The third-order valence-electron chi connectivity index (χ3n) is 2.79. The number of rotatable bonds is 5. The van der Waals surface area contributed by atoms with Gasteiger partial charge in [0.1, 0.15) is 23.7 Å². The fourth-order valence-electron chi connectivity index (χ4n) is 1.79. The monoisotopic (exact) mass is 270 g/mol. The van der Waals surface area contributed by atoms with Crippen LogP contribution in [-0.4, -0.2) is 19.4 Å². The Morgan fingerprint density at radius 1 is 1.05 bits per heavy atom. The summed E-state index contributed by atoms with van der Waals surface area (Å²) in [5, 5.41) is 0. The van der Waals surface area contributed by atoms with Crippen molar-refractivity contribution >= 4 is 12.3 Å². The summed E-state index contributed by atoms with van der Waals surface area (Å²) in [5.74, 6) is -0.272. The van der Waals surface area contributed by atoms with E-state index in [9.17, 15) is 9.59 Å². The minimum absolute atomic E-state index is 0.542. The quantitative estimate of drug-likeness (QED) is 0.476. The van der Waals surface area contributed by atoms with Gasteiger partial charge in [-0.25, -0.2) is 0 Å². The van der Waals surface area contributed by atoms with E-state index in [-0.39, 0.29) is 0 Å². The molecule has 2 aromatic rings. The molecule has 2 rings (SSSR count). The third-order valence-corrected chi connectivity index (χ3v) is 2.79. The summed E-state index contributed by atoms with van der Waals surface area (Å²) >= 11 is 0. The summed E-state index contributed by atoms with van der Waals surface area (Å²) in [6, 6.07) is 16.1. The van der Waals surface area contributed by atoms with Crippen molar-refractivity contribution in [1.82, 2.24) is 0 Å². The van der Waals surface area contributed by atoms with E-state index >= 15 is 0 Å². The Morgan fingerprint density at radius 3 is 2.40 bits per heavy atom. The van der Waals surface area contributed by atoms with E-state index in [1.807, 2.05) is 30.3 Å². The molecular weight excluding hydrogens is 256 g/mol. The zero-order valence-corrected chi connectivity index (χ0v) is 11.0. The molecule has 0 saturated heterocycles. The van der Waals surface area contributed by atoms with Crippen LogP contribution in [0.4, 0.5) is 0 Å². The summed E-state index contributed by atoms with van der Waals surface area (Å²) in [4.78, 5) is 22.6. The van der Waals surface area contributed by atoms with Gasteiger partial charge in [-0.15, -0.1) is 0 Å². The lowest BCUT2D eigenvalue weighted by molar-refractivity contribution is -0.143. The SMILES string of the molecule is COC(=O)C(C=O)c1cccc(Oc2ccccc2)c1. The standard InChI is InChI=1S/C16H14O4/c1-19-16(18)15(11-17)12-6-5-9-14(10-12)20-13-7-3-2-4-8-13/h2-11,15H,1H3. The van der Waals surface area contributed by atoms with Gasteiger partial charge >= 0.3 is 5.97 Å². The second-order valence-corrected chi connectivity index (χ2v) is 4.12. The van der Waals surface area contributed by atoms with Gasteiger partial charge in [-0.05, 0) is 29.8 Å². The van der Waals surface area contributed by atoms with Crippen LogP contribution < -0.4 is 4.74 Å². The molecule has 1 unspecified atom stereocenters. The van der Waals surface area contributed by atoms with E-state index in [4.69, 9.17) is 4.74 Å². The van der Waals surface area contributed by atoms with Crippen LogP contribution in [-0.2, 0) is 14.3 Å². The molecular formula is C16H14O4. The van der Waals surface area contributed by atoms with Crippen molar-refractivity contribution in [2.45, 2.75) is 5.92 Å². The van der Waals surface area contributed by atoms with Crippen LogP contribution in [0.3, 0.4) is 0 Å². The lowest BCUT2D eigenvalue weighted by Gasteiger charge is -2.11. The Morgan fingerprint density at radius 2 is 1.75 bits per heavy atom. The van der Waals surface area contributed by atoms with Crippen LogP contribution in [0.5, 0.6) is 11.5 Å². The largest absolute Gasteiger partial charge is 0.468 e. The molecule has 0 saturated carbocycles.